The van der Waals surface area contributed by atoms with Crippen LogP contribution in [0, 0.1) is 0 Å². The monoisotopic (exact) mass is 436 g/mol. The molecule has 1 fully saturated rings. The van der Waals surface area contributed by atoms with Crippen LogP contribution in [-0.2, 0) is 16.6 Å². The number of hydrogen-bond donors (Lipinski definition) is 1. The Morgan fingerprint density at radius 3 is 2.45 bits per heavy atom. The number of anilines is 1. The summed E-state index contributed by atoms with van der Waals surface area (Å²) in [6.07, 6.45) is 6.01. The van der Waals surface area contributed by atoms with Crippen molar-refractivity contribution in [2.45, 2.75) is 51.1 Å². The fraction of sp³-hybridized carbons (Fsp3) is 0.385. The number of hydrogen-bond acceptors (Lipinski definition) is 3. The van der Waals surface area contributed by atoms with E-state index in [1.165, 1.54) is 47.5 Å². The van der Waals surface area contributed by atoms with Crippen LogP contribution in [0.2, 0.25) is 0 Å². The van der Waals surface area contributed by atoms with Gasteiger partial charge in [0.2, 0.25) is 10.0 Å². The molecule has 164 valence electrons. The van der Waals surface area contributed by atoms with E-state index in [0.717, 1.165) is 18.5 Å². The maximum absolute atomic E-state index is 11.3. The molecule has 0 radical (unpaired) electrons. The summed E-state index contributed by atoms with van der Waals surface area (Å²) in [6, 6.07) is 24.3. The molecule has 1 saturated carbocycles. The van der Waals surface area contributed by atoms with Crippen LogP contribution in [0.15, 0.2) is 66.7 Å². The Kier molecular flexibility index (Phi) is 6.63. The summed E-state index contributed by atoms with van der Waals surface area (Å²) in [5, 5.41) is 2.63. The highest BCUT2D eigenvalue weighted by atomic mass is 32.2. The molecule has 0 spiro atoms. The van der Waals surface area contributed by atoms with Crippen molar-refractivity contribution in [2.75, 3.05) is 17.7 Å². The van der Waals surface area contributed by atoms with Gasteiger partial charge in [-0.25, -0.2) is 13.1 Å². The molecule has 0 heterocycles. The van der Waals surface area contributed by atoms with Crippen molar-refractivity contribution in [3.8, 4) is 0 Å². The highest BCUT2D eigenvalue weighted by molar-refractivity contribution is 7.88. The molecular formula is C26H32N2O2S. The van der Waals surface area contributed by atoms with Crippen molar-refractivity contribution in [1.82, 2.24) is 4.72 Å². The highest BCUT2D eigenvalue weighted by Crippen LogP contribution is 2.38. The molecule has 1 aliphatic rings. The van der Waals surface area contributed by atoms with E-state index in [-0.39, 0.29) is 0 Å². The third-order valence-electron chi connectivity index (χ3n) is 6.49. The summed E-state index contributed by atoms with van der Waals surface area (Å²) in [6.45, 7) is 3.60. The van der Waals surface area contributed by atoms with Crippen LogP contribution in [0.5, 0.6) is 0 Å². The smallest absolute Gasteiger partial charge is 0.209 e. The van der Waals surface area contributed by atoms with Crippen molar-refractivity contribution in [3.05, 3.63) is 77.9 Å². The summed E-state index contributed by atoms with van der Waals surface area (Å²) in [5.41, 5.74) is 3.70. The van der Waals surface area contributed by atoms with E-state index >= 15 is 0 Å². The Bertz CT molecular complexity index is 1120. The van der Waals surface area contributed by atoms with Crippen molar-refractivity contribution in [2.24, 2.45) is 0 Å². The zero-order valence-corrected chi connectivity index (χ0v) is 19.2. The molecule has 31 heavy (non-hydrogen) atoms. The molecule has 2 unspecified atom stereocenters. The topological polar surface area (TPSA) is 49.4 Å². The lowest BCUT2D eigenvalue weighted by Crippen LogP contribution is -2.38. The maximum Gasteiger partial charge on any atom is 0.209 e. The molecule has 0 aromatic heterocycles. The lowest BCUT2D eigenvalue weighted by molar-refractivity contribution is 0.376. The van der Waals surface area contributed by atoms with Gasteiger partial charge >= 0.3 is 0 Å². The van der Waals surface area contributed by atoms with Crippen LogP contribution in [0.1, 0.15) is 49.7 Å². The summed E-state index contributed by atoms with van der Waals surface area (Å²) >= 11 is 0. The van der Waals surface area contributed by atoms with E-state index in [4.69, 9.17) is 0 Å². The summed E-state index contributed by atoms with van der Waals surface area (Å²) in [4.78, 5) is 2.60. The van der Waals surface area contributed by atoms with Crippen molar-refractivity contribution in [1.29, 1.82) is 0 Å². The SMILES string of the molecule is CCN(c1cccc2ccccc12)C1CCCC(c2ccc(CNS(C)(=O)=O)cc2)C1. The van der Waals surface area contributed by atoms with E-state index in [1.807, 2.05) is 0 Å². The first-order chi connectivity index (χ1) is 14.9. The van der Waals surface area contributed by atoms with Crippen molar-refractivity contribution < 1.29 is 8.42 Å². The van der Waals surface area contributed by atoms with E-state index in [1.54, 1.807) is 0 Å². The second kappa shape index (κ2) is 9.41. The van der Waals surface area contributed by atoms with Crippen LogP contribution in [0.3, 0.4) is 0 Å². The predicted octanol–water partition coefficient (Wildman–Crippen LogP) is 5.44. The Morgan fingerprint density at radius 2 is 1.71 bits per heavy atom. The second-order valence-electron chi connectivity index (χ2n) is 8.64. The lowest BCUT2D eigenvalue weighted by atomic mass is 9.80. The van der Waals surface area contributed by atoms with Crippen molar-refractivity contribution >= 4 is 26.5 Å². The quantitative estimate of drug-likeness (QED) is 0.536. The zero-order chi connectivity index (χ0) is 21.8. The fourth-order valence-corrected chi connectivity index (χ4v) is 5.38. The van der Waals surface area contributed by atoms with E-state index in [9.17, 15) is 8.42 Å². The van der Waals surface area contributed by atoms with Crippen LogP contribution in [-0.4, -0.2) is 27.3 Å². The highest BCUT2D eigenvalue weighted by Gasteiger charge is 2.28. The molecule has 1 N–H and O–H groups in total. The largest absolute Gasteiger partial charge is 0.368 e. The molecule has 0 bridgehead atoms. The number of sulfonamides is 1. The first-order valence-corrected chi connectivity index (χ1v) is 13.1. The maximum atomic E-state index is 11.3. The lowest BCUT2D eigenvalue weighted by Gasteiger charge is -2.39. The van der Waals surface area contributed by atoms with Crippen molar-refractivity contribution in [3.63, 3.8) is 0 Å². The van der Waals surface area contributed by atoms with Gasteiger partial charge < -0.3 is 4.90 Å². The Hall–Kier alpha value is -2.37. The van der Waals surface area contributed by atoms with Gasteiger partial charge in [0.05, 0.1) is 6.26 Å². The van der Waals surface area contributed by atoms with E-state index < -0.39 is 10.0 Å². The number of fused-ring (bicyclic) bond motifs is 1. The van der Waals surface area contributed by atoms with Crippen LogP contribution in [0.4, 0.5) is 5.69 Å². The van der Waals surface area contributed by atoms with Gasteiger partial charge in [0, 0.05) is 30.2 Å². The predicted molar refractivity (Wildman–Crippen MR) is 130 cm³/mol. The minimum Gasteiger partial charge on any atom is -0.368 e. The van der Waals surface area contributed by atoms with Gasteiger partial charge in [-0.3, -0.25) is 0 Å². The van der Waals surface area contributed by atoms with Gasteiger partial charge in [-0.1, -0.05) is 67.1 Å². The van der Waals surface area contributed by atoms with Gasteiger partial charge in [0.15, 0.2) is 0 Å². The first kappa shape index (κ1) is 21.8. The summed E-state index contributed by atoms with van der Waals surface area (Å²) in [5.74, 6) is 0.541. The molecule has 1 aliphatic carbocycles. The molecule has 0 amide bonds. The second-order valence-corrected chi connectivity index (χ2v) is 10.5. The number of nitrogens with zero attached hydrogens (tertiary/aromatic N) is 1. The van der Waals surface area contributed by atoms with Gasteiger partial charge in [0.25, 0.3) is 0 Å². The summed E-state index contributed by atoms with van der Waals surface area (Å²) in [7, 11) is -3.17. The van der Waals surface area contributed by atoms with E-state index in [0.29, 0.717) is 18.5 Å². The van der Waals surface area contributed by atoms with Gasteiger partial charge in [-0.2, -0.15) is 0 Å². The summed E-state index contributed by atoms with van der Waals surface area (Å²) < 4.78 is 25.2. The number of benzene rings is 3. The standard InChI is InChI=1S/C26H32N2O2S/c1-3-28(26-13-7-9-22-8-4-5-12-25(22)26)24-11-6-10-23(18-24)21-16-14-20(15-17-21)19-27-31(2,29)30/h4-5,7-9,12-17,23-24,27H,3,6,10-11,18-19H2,1-2H3. The average Bonchev–Trinajstić information content (AvgIpc) is 2.78. The minimum absolute atomic E-state index is 0.344. The van der Waals surface area contributed by atoms with Gasteiger partial charge in [0.1, 0.15) is 0 Å². The molecule has 0 saturated heterocycles. The molecule has 0 aliphatic heterocycles. The third kappa shape index (κ3) is 5.28. The Morgan fingerprint density at radius 1 is 0.968 bits per heavy atom. The fourth-order valence-electron chi connectivity index (χ4n) is 4.96. The number of rotatable bonds is 7. The van der Waals surface area contributed by atoms with Crippen LogP contribution in [0.25, 0.3) is 10.8 Å². The van der Waals surface area contributed by atoms with Crippen LogP contribution < -0.4 is 9.62 Å². The molecule has 5 heteroatoms. The third-order valence-corrected chi connectivity index (χ3v) is 7.16. The Labute approximate surface area is 186 Å². The van der Waals surface area contributed by atoms with Crippen LogP contribution >= 0.6 is 0 Å². The van der Waals surface area contributed by atoms with Gasteiger partial charge in [-0.05, 0) is 54.7 Å². The molecular weight excluding hydrogens is 404 g/mol. The van der Waals surface area contributed by atoms with E-state index in [2.05, 4.69) is 83.3 Å². The molecule has 2 atom stereocenters. The zero-order valence-electron chi connectivity index (χ0n) is 18.4. The first-order valence-electron chi connectivity index (χ1n) is 11.2. The molecule has 4 nitrogen and oxygen atoms in total. The molecule has 4 rings (SSSR count). The molecule has 3 aromatic rings. The average molecular weight is 437 g/mol. The normalized spacial score (nSPS) is 19.4. The Balaban J connectivity index is 1.51. The number of nitrogens with one attached hydrogen (secondary N) is 1. The molecule has 3 aromatic carbocycles. The van der Waals surface area contributed by atoms with Gasteiger partial charge in [-0.15, -0.1) is 0 Å². The minimum atomic E-state index is -3.17.